The molecule has 1 aromatic heterocycles. The number of para-hydroxylation sites is 1. The van der Waals surface area contributed by atoms with Crippen LogP contribution in [0.3, 0.4) is 0 Å². The van der Waals surface area contributed by atoms with E-state index in [0.29, 0.717) is 18.3 Å². The molecule has 0 radical (unpaired) electrons. The standard InChI is InChI=1S/C15H19N3O2/c1-19-12-6-3-2-5-11(12)14-17-13(20-18-14)9-15(10-16)7-4-8-15/h2-3,5-6H,4,7-10,16H2,1H3. The lowest BCUT2D eigenvalue weighted by Gasteiger charge is -2.39. The molecule has 1 aliphatic carbocycles. The predicted molar refractivity (Wildman–Crippen MR) is 75.3 cm³/mol. The molecule has 0 atom stereocenters. The second kappa shape index (κ2) is 5.25. The maximum absolute atomic E-state index is 5.87. The maximum Gasteiger partial charge on any atom is 0.227 e. The smallest absolute Gasteiger partial charge is 0.227 e. The van der Waals surface area contributed by atoms with Gasteiger partial charge in [-0.1, -0.05) is 23.7 Å². The van der Waals surface area contributed by atoms with Crippen molar-refractivity contribution in [3.05, 3.63) is 30.2 Å². The van der Waals surface area contributed by atoms with Gasteiger partial charge in [0.15, 0.2) is 0 Å². The van der Waals surface area contributed by atoms with Crippen LogP contribution < -0.4 is 10.5 Å². The first-order chi connectivity index (χ1) is 9.76. The summed E-state index contributed by atoms with van der Waals surface area (Å²) in [7, 11) is 1.64. The average molecular weight is 273 g/mol. The van der Waals surface area contributed by atoms with Gasteiger partial charge in [-0.25, -0.2) is 0 Å². The molecule has 1 aliphatic rings. The van der Waals surface area contributed by atoms with Crippen molar-refractivity contribution in [2.24, 2.45) is 11.1 Å². The summed E-state index contributed by atoms with van der Waals surface area (Å²) in [5.41, 5.74) is 6.89. The van der Waals surface area contributed by atoms with E-state index in [4.69, 9.17) is 15.0 Å². The zero-order valence-corrected chi connectivity index (χ0v) is 11.6. The molecule has 0 aliphatic heterocycles. The Morgan fingerprint density at radius 3 is 2.80 bits per heavy atom. The molecule has 0 bridgehead atoms. The number of rotatable bonds is 5. The summed E-state index contributed by atoms with van der Waals surface area (Å²) in [5, 5.41) is 4.06. The van der Waals surface area contributed by atoms with Gasteiger partial charge in [0.2, 0.25) is 11.7 Å². The van der Waals surface area contributed by atoms with E-state index in [1.165, 1.54) is 6.42 Å². The van der Waals surface area contributed by atoms with E-state index in [9.17, 15) is 0 Å². The van der Waals surface area contributed by atoms with Crippen LogP contribution in [-0.2, 0) is 6.42 Å². The molecule has 1 heterocycles. The lowest BCUT2D eigenvalue weighted by molar-refractivity contribution is 0.129. The minimum absolute atomic E-state index is 0.171. The van der Waals surface area contributed by atoms with E-state index in [1.807, 2.05) is 24.3 Å². The van der Waals surface area contributed by atoms with Crippen LogP contribution in [0.4, 0.5) is 0 Å². The van der Waals surface area contributed by atoms with E-state index >= 15 is 0 Å². The van der Waals surface area contributed by atoms with Gasteiger partial charge in [-0.15, -0.1) is 0 Å². The molecule has 20 heavy (non-hydrogen) atoms. The van der Waals surface area contributed by atoms with Crippen molar-refractivity contribution in [3.8, 4) is 17.1 Å². The Morgan fingerprint density at radius 1 is 1.35 bits per heavy atom. The minimum atomic E-state index is 0.171. The summed E-state index contributed by atoms with van der Waals surface area (Å²) >= 11 is 0. The Balaban J connectivity index is 1.83. The van der Waals surface area contributed by atoms with Crippen molar-refractivity contribution in [3.63, 3.8) is 0 Å². The summed E-state index contributed by atoms with van der Waals surface area (Å²) in [5.74, 6) is 1.98. The van der Waals surface area contributed by atoms with Crippen LogP contribution in [0.1, 0.15) is 25.2 Å². The van der Waals surface area contributed by atoms with Gasteiger partial charge >= 0.3 is 0 Å². The molecule has 0 spiro atoms. The number of benzene rings is 1. The monoisotopic (exact) mass is 273 g/mol. The lowest BCUT2D eigenvalue weighted by Crippen LogP contribution is -2.39. The highest BCUT2D eigenvalue weighted by atomic mass is 16.5. The van der Waals surface area contributed by atoms with Crippen LogP contribution in [0.5, 0.6) is 5.75 Å². The molecule has 0 saturated heterocycles. The second-order valence-electron chi connectivity index (χ2n) is 5.45. The fraction of sp³-hybridized carbons (Fsp3) is 0.467. The normalized spacial score (nSPS) is 16.7. The quantitative estimate of drug-likeness (QED) is 0.905. The molecule has 2 N–H and O–H groups in total. The lowest BCUT2D eigenvalue weighted by atomic mass is 9.67. The molecule has 5 heteroatoms. The van der Waals surface area contributed by atoms with Crippen LogP contribution in [-0.4, -0.2) is 23.8 Å². The summed E-state index contributed by atoms with van der Waals surface area (Å²) in [6, 6.07) is 7.66. The van der Waals surface area contributed by atoms with E-state index in [2.05, 4.69) is 10.1 Å². The Bertz CT molecular complexity index is 585. The van der Waals surface area contributed by atoms with Gasteiger partial charge in [0.1, 0.15) is 5.75 Å². The number of methoxy groups -OCH3 is 1. The van der Waals surface area contributed by atoms with Crippen molar-refractivity contribution >= 4 is 0 Å². The van der Waals surface area contributed by atoms with Crippen LogP contribution >= 0.6 is 0 Å². The van der Waals surface area contributed by atoms with Crippen LogP contribution in [0.25, 0.3) is 11.4 Å². The second-order valence-corrected chi connectivity index (χ2v) is 5.45. The third-order valence-corrected chi connectivity index (χ3v) is 4.19. The average Bonchev–Trinajstić information content (AvgIpc) is 2.91. The highest BCUT2D eigenvalue weighted by molar-refractivity contribution is 5.63. The first-order valence-electron chi connectivity index (χ1n) is 6.92. The maximum atomic E-state index is 5.87. The summed E-state index contributed by atoms with van der Waals surface area (Å²) < 4.78 is 10.7. The van der Waals surface area contributed by atoms with Crippen molar-refractivity contribution in [1.29, 1.82) is 0 Å². The van der Waals surface area contributed by atoms with E-state index in [1.54, 1.807) is 7.11 Å². The number of ether oxygens (including phenoxy) is 1. The van der Waals surface area contributed by atoms with Crippen molar-refractivity contribution in [2.45, 2.75) is 25.7 Å². The van der Waals surface area contributed by atoms with Gasteiger partial charge in [-0.3, -0.25) is 0 Å². The first kappa shape index (κ1) is 13.1. The largest absolute Gasteiger partial charge is 0.496 e. The molecular weight excluding hydrogens is 254 g/mol. The van der Waals surface area contributed by atoms with E-state index in [0.717, 1.165) is 30.6 Å². The molecule has 106 valence electrons. The molecule has 1 fully saturated rings. The molecule has 5 nitrogen and oxygen atoms in total. The van der Waals surface area contributed by atoms with Crippen molar-refractivity contribution in [1.82, 2.24) is 10.1 Å². The molecular formula is C15H19N3O2. The van der Waals surface area contributed by atoms with E-state index in [-0.39, 0.29) is 5.41 Å². The van der Waals surface area contributed by atoms with Gasteiger partial charge in [0.05, 0.1) is 12.7 Å². The van der Waals surface area contributed by atoms with E-state index < -0.39 is 0 Å². The van der Waals surface area contributed by atoms with Gasteiger partial charge in [-0.05, 0) is 36.9 Å². The minimum Gasteiger partial charge on any atom is -0.496 e. The third kappa shape index (κ3) is 2.29. The third-order valence-electron chi connectivity index (χ3n) is 4.19. The Kier molecular flexibility index (Phi) is 3.44. The summed E-state index contributed by atoms with van der Waals surface area (Å²) in [6.45, 7) is 0.680. The van der Waals surface area contributed by atoms with Gasteiger partial charge in [0, 0.05) is 6.42 Å². The van der Waals surface area contributed by atoms with Crippen LogP contribution in [0.15, 0.2) is 28.8 Å². The van der Waals surface area contributed by atoms with Crippen molar-refractivity contribution in [2.75, 3.05) is 13.7 Å². The van der Waals surface area contributed by atoms with Crippen LogP contribution in [0.2, 0.25) is 0 Å². The Hall–Kier alpha value is -1.88. The number of hydrogen-bond donors (Lipinski definition) is 1. The fourth-order valence-electron chi connectivity index (χ4n) is 2.72. The van der Waals surface area contributed by atoms with Crippen molar-refractivity contribution < 1.29 is 9.26 Å². The highest BCUT2D eigenvalue weighted by Gasteiger charge is 2.37. The fourth-order valence-corrected chi connectivity index (χ4v) is 2.72. The molecule has 0 amide bonds. The topological polar surface area (TPSA) is 74.2 Å². The zero-order chi connectivity index (χ0) is 14.0. The molecule has 2 aromatic rings. The van der Waals surface area contributed by atoms with Crippen LogP contribution in [0, 0.1) is 5.41 Å². The molecule has 3 rings (SSSR count). The summed E-state index contributed by atoms with van der Waals surface area (Å²) in [4.78, 5) is 4.49. The molecule has 0 unspecified atom stereocenters. The number of nitrogens with zero attached hydrogens (tertiary/aromatic N) is 2. The van der Waals surface area contributed by atoms with Gasteiger partial charge < -0.3 is 15.0 Å². The van der Waals surface area contributed by atoms with Gasteiger partial charge in [0.25, 0.3) is 0 Å². The summed E-state index contributed by atoms with van der Waals surface area (Å²) in [6.07, 6.45) is 4.31. The zero-order valence-electron chi connectivity index (χ0n) is 11.6. The number of hydrogen-bond acceptors (Lipinski definition) is 5. The Labute approximate surface area is 118 Å². The first-order valence-corrected chi connectivity index (χ1v) is 6.92. The highest BCUT2D eigenvalue weighted by Crippen LogP contribution is 2.42. The van der Waals surface area contributed by atoms with Gasteiger partial charge in [-0.2, -0.15) is 4.98 Å². The molecule has 1 saturated carbocycles. The Morgan fingerprint density at radius 2 is 2.15 bits per heavy atom. The number of aromatic nitrogens is 2. The number of nitrogens with two attached hydrogens (primary N) is 1. The predicted octanol–water partition coefficient (Wildman–Crippen LogP) is 2.42. The SMILES string of the molecule is COc1ccccc1-c1noc(CC2(CN)CCC2)n1. The molecule has 1 aromatic carbocycles.